The van der Waals surface area contributed by atoms with Crippen LogP contribution in [0, 0.1) is 11.7 Å². The van der Waals surface area contributed by atoms with Crippen LogP contribution in [0.3, 0.4) is 0 Å². The summed E-state index contributed by atoms with van der Waals surface area (Å²) in [4.78, 5) is 44.8. The van der Waals surface area contributed by atoms with Gasteiger partial charge in [-0.1, -0.05) is 24.3 Å². The normalized spacial score (nSPS) is 17.6. The minimum Gasteiger partial charge on any atom is -0.444 e. The van der Waals surface area contributed by atoms with Gasteiger partial charge < -0.3 is 25.0 Å². The molecule has 1 fully saturated rings. The molecule has 3 amide bonds. The van der Waals surface area contributed by atoms with Gasteiger partial charge in [0.1, 0.15) is 23.0 Å². The van der Waals surface area contributed by atoms with Gasteiger partial charge in [0.25, 0.3) is 0 Å². The first-order valence-corrected chi connectivity index (χ1v) is 16.0. The van der Waals surface area contributed by atoms with E-state index in [2.05, 4.69) is 15.6 Å². The van der Waals surface area contributed by atoms with Gasteiger partial charge in [0.2, 0.25) is 11.8 Å². The number of piperidine rings is 1. The van der Waals surface area contributed by atoms with Crippen molar-refractivity contribution in [1.82, 2.24) is 20.5 Å². The molecule has 14 heteroatoms. The van der Waals surface area contributed by atoms with E-state index in [1.807, 2.05) is 0 Å². The van der Waals surface area contributed by atoms with E-state index in [-0.39, 0.29) is 31.6 Å². The molecule has 0 bridgehead atoms. The van der Waals surface area contributed by atoms with Gasteiger partial charge in [0.15, 0.2) is 0 Å². The zero-order chi connectivity index (χ0) is 34.4. The Balaban J connectivity index is 1.29. The SMILES string of the molecule is C[C@H]1[C@@H](C(=O)NCc2nc(-c3ccc(C(F)(F)F)cc3)cs2)CCCN1C(=O)COC[C@H](NC(=O)OC(C)(C)C)c1ccc(F)cc1. The lowest BCUT2D eigenvalue weighted by Gasteiger charge is -2.38. The average molecular weight is 679 g/mol. The quantitative estimate of drug-likeness (QED) is 0.237. The molecule has 254 valence electrons. The number of aromatic nitrogens is 1. The predicted octanol–water partition coefficient (Wildman–Crippen LogP) is 6.49. The Kier molecular flexibility index (Phi) is 11.6. The summed E-state index contributed by atoms with van der Waals surface area (Å²) in [6.07, 6.45) is -3.91. The van der Waals surface area contributed by atoms with Gasteiger partial charge in [-0.2, -0.15) is 13.2 Å². The van der Waals surface area contributed by atoms with Crippen molar-refractivity contribution in [2.24, 2.45) is 5.92 Å². The zero-order valence-electron chi connectivity index (χ0n) is 26.5. The van der Waals surface area contributed by atoms with E-state index in [9.17, 15) is 31.9 Å². The third-order valence-corrected chi connectivity index (χ3v) is 8.44. The molecule has 2 heterocycles. The monoisotopic (exact) mass is 678 g/mol. The number of carbonyl (C=O) groups excluding carboxylic acids is 3. The summed E-state index contributed by atoms with van der Waals surface area (Å²) in [5.74, 6) is -1.46. The topological polar surface area (TPSA) is 110 Å². The maximum absolute atomic E-state index is 13.5. The molecule has 47 heavy (non-hydrogen) atoms. The minimum atomic E-state index is -4.42. The van der Waals surface area contributed by atoms with Crippen LogP contribution in [-0.2, 0) is 31.8 Å². The molecule has 0 spiro atoms. The van der Waals surface area contributed by atoms with Crippen LogP contribution in [0.2, 0.25) is 0 Å². The van der Waals surface area contributed by atoms with Crippen LogP contribution in [0.4, 0.5) is 22.4 Å². The molecule has 0 radical (unpaired) electrons. The van der Waals surface area contributed by atoms with Crippen LogP contribution >= 0.6 is 11.3 Å². The van der Waals surface area contributed by atoms with Crippen LogP contribution in [0.5, 0.6) is 0 Å². The molecule has 1 aliphatic heterocycles. The van der Waals surface area contributed by atoms with Crippen LogP contribution in [-0.4, -0.2) is 59.2 Å². The lowest BCUT2D eigenvalue weighted by atomic mass is 9.89. The second kappa shape index (κ2) is 15.2. The van der Waals surface area contributed by atoms with Crippen molar-refractivity contribution in [2.75, 3.05) is 19.8 Å². The van der Waals surface area contributed by atoms with Crippen LogP contribution in [0.1, 0.15) is 62.7 Å². The molecule has 3 aromatic rings. The Morgan fingerprint density at radius 3 is 2.38 bits per heavy atom. The number of halogens is 4. The molecular formula is C33H38F4N4O5S. The molecule has 4 rings (SSSR count). The average Bonchev–Trinajstić information content (AvgIpc) is 3.48. The molecule has 1 aromatic heterocycles. The molecule has 2 N–H and O–H groups in total. The fraction of sp³-hybridized carbons (Fsp3) is 0.455. The summed E-state index contributed by atoms with van der Waals surface area (Å²) < 4.78 is 63.2. The number of thiazole rings is 1. The maximum atomic E-state index is 13.5. The summed E-state index contributed by atoms with van der Waals surface area (Å²) in [7, 11) is 0. The molecule has 0 unspecified atom stereocenters. The number of ether oxygens (including phenoxy) is 2. The van der Waals surface area contributed by atoms with E-state index >= 15 is 0 Å². The smallest absolute Gasteiger partial charge is 0.416 e. The van der Waals surface area contributed by atoms with Crippen molar-refractivity contribution >= 4 is 29.2 Å². The molecule has 0 saturated carbocycles. The van der Waals surface area contributed by atoms with Crippen molar-refractivity contribution in [3.05, 3.63) is 75.9 Å². The fourth-order valence-electron chi connectivity index (χ4n) is 5.21. The number of alkyl carbamates (subject to hydrolysis) is 1. The first kappa shape index (κ1) is 35.8. The molecule has 9 nitrogen and oxygen atoms in total. The highest BCUT2D eigenvalue weighted by atomic mass is 32.1. The summed E-state index contributed by atoms with van der Waals surface area (Å²) >= 11 is 1.28. The maximum Gasteiger partial charge on any atom is 0.416 e. The van der Waals surface area contributed by atoms with Gasteiger partial charge in [0, 0.05) is 23.5 Å². The van der Waals surface area contributed by atoms with Crippen molar-refractivity contribution < 1.29 is 41.4 Å². The Hall–Kier alpha value is -4.04. The van der Waals surface area contributed by atoms with Crippen LogP contribution < -0.4 is 10.6 Å². The molecule has 1 aliphatic rings. The Morgan fingerprint density at radius 1 is 1.06 bits per heavy atom. The second-order valence-electron chi connectivity index (χ2n) is 12.3. The van der Waals surface area contributed by atoms with Crippen molar-refractivity contribution in [1.29, 1.82) is 0 Å². The Morgan fingerprint density at radius 2 is 1.74 bits per heavy atom. The fourth-order valence-corrected chi connectivity index (χ4v) is 5.95. The van der Waals surface area contributed by atoms with Gasteiger partial charge in [-0.3, -0.25) is 9.59 Å². The highest BCUT2D eigenvalue weighted by Gasteiger charge is 2.35. The number of amides is 3. The molecule has 3 atom stereocenters. The van der Waals surface area contributed by atoms with E-state index in [0.29, 0.717) is 41.2 Å². The Labute approximate surface area is 274 Å². The number of benzene rings is 2. The number of nitrogens with zero attached hydrogens (tertiary/aromatic N) is 2. The number of nitrogens with one attached hydrogen (secondary N) is 2. The third-order valence-electron chi connectivity index (χ3n) is 7.59. The number of rotatable bonds is 10. The number of carbonyl (C=O) groups is 3. The summed E-state index contributed by atoms with van der Waals surface area (Å²) in [5, 5.41) is 7.90. The first-order valence-electron chi connectivity index (χ1n) is 15.1. The highest BCUT2D eigenvalue weighted by Crippen LogP contribution is 2.31. The van der Waals surface area contributed by atoms with Gasteiger partial charge in [-0.25, -0.2) is 14.2 Å². The lowest BCUT2D eigenvalue weighted by molar-refractivity contribution is -0.144. The molecule has 2 aromatic carbocycles. The number of hydrogen-bond donors (Lipinski definition) is 2. The van der Waals surface area contributed by atoms with Gasteiger partial charge in [-0.15, -0.1) is 11.3 Å². The molecule has 0 aliphatic carbocycles. The van der Waals surface area contributed by atoms with Crippen molar-refractivity contribution in [3.63, 3.8) is 0 Å². The summed E-state index contributed by atoms with van der Waals surface area (Å²) in [6, 6.07) is 9.16. The van der Waals surface area contributed by atoms with Crippen molar-refractivity contribution in [2.45, 2.75) is 70.9 Å². The first-order chi connectivity index (χ1) is 22.1. The molecule has 1 saturated heterocycles. The predicted molar refractivity (Wildman–Crippen MR) is 168 cm³/mol. The largest absolute Gasteiger partial charge is 0.444 e. The van der Waals surface area contributed by atoms with Gasteiger partial charge in [0.05, 0.1) is 36.4 Å². The van der Waals surface area contributed by atoms with E-state index in [1.165, 1.54) is 47.7 Å². The number of hydrogen-bond acceptors (Lipinski definition) is 7. The standard InChI is InChI=1S/C33H38F4N4O5S/c1-20-25(30(43)38-16-28-39-27(19-47-28)22-7-11-23(12-8-22)33(35,36)37)6-5-15-41(20)29(42)18-45-17-26(21-9-13-24(34)14-10-21)40-31(44)46-32(2,3)4/h7-14,19-20,25-26H,5-6,15-18H2,1-4H3,(H,38,43)(H,40,44)/t20-,25-,26-/m0/s1. The highest BCUT2D eigenvalue weighted by molar-refractivity contribution is 7.09. The minimum absolute atomic E-state index is 0.0783. The van der Waals surface area contributed by atoms with Crippen LogP contribution in [0.15, 0.2) is 53.9 Å². The Bertz CT molecular complexity index is 1520. The van der Waals surface area contributed by atoms with E-state index < -0.39 is 47.3 Å². The third kappa shape index (κ3) is 10.2. The van der Waals surface area contributed by atoms with Gasteiger partial charge in [-0.05, 0) is 70.4 Å². The van der Waals surface area contributed by atoms with E-state index in [1.54, 1.807) is 38.0 Å². The number of likely N-dealkylation sites (tertiary alicyclic amines) is 1. The molecular weight excluding hydrogens is 640 g/mol. The van der Waals surface area contributed by atoms with Crippen molar-refractivity contribution in [3.8, 4) is 11.3 Å². The zero-order valence-corrected chi connectivity index (χ0v) is 27.3. The summed E-state index contributed by atoms with van der Waals surface area (Å²) in [6.45, 7) is 7.20. The summed E-state index contributed by atoms with van der Waals surface area (Å²) in [5.41, 5.74) is 0.140. The van der Waals surface area contributed by atoms with E-state index in [0.717, 1.165) is 12.1 Å². The number of alkyl halides is 3. The van der Waals surface area contributed by atoms with Crippen LogP contribution in [0.25, 0.3) is 11.3 Å². The van der Waals surface area contributed by atoms with Gasteiger partial charge >= 0.3 is 12.3 Å². The van der Waals surface area contributed by atoms with E-state index in [4.69, 9.17) is 9.47 Å². The second-order valence-corrected chi connectivity index (χ2v) is 13.2. The lowest BCUT2D eigenvalue weighted by Crippen LogP contribution is -2.52.